The zero-order valence-corrected chi connectivity index (χ0v) is 16.0. The van der Waals surface area contributed by atoms with Gasteiger partial charge in [0.1, 0.15) is 5.52 Å². The molecule has 2 N–H and O–H groups in total. The number of anilines is 4. The highest BCUT2D eigenvalue weighted by Crippen LogP contribution is 2.23. The summed E-state index contributed by atoms with van der Waals surface area (Å²) in [6.07, 6.45) is 0.989. The fraction of sp³-hybridized carbons (Fsp3) is 0.0500. The number of hydrogen-bond donors (Lipinski definition) is 2. The van der Waals surface area contributed by atoms with Crippen molar-refractivity contribution in [1.29, 1.82) is 0 Å². The first kappa shape index (κ1) is 19.8. The molecule has 0 atom stereocenters. The molecule has 0 radical (unpaired) electrons. The number of fused-ring (bicyclic) bond motifs is 1. The number of hydrogen-bond acceptors (Lipinski definition) is 9. The van der Waals surface area contributed by atoms with Gasteiger partial charge in [-0.15, -0.1) is 0 Å². The average Bonchev–Trinajstić information content (AvgIpc) is 3.06. The van der Waals surface area contributed by atoms with Crippen LogP contribution in [0.1, 0.15) is 17.3 Å². The molecule has 0 fully saturated rings. The van der Waals surface area contributed by atoms with E-state index >= 15 is 0 Å². The quantitative estimate of drug-likeness (QED) is 0.340. The molecule has 0 unspecified atom stereocenters. The standard InChI is InChI=1S/C20H14FN5O5/c1-11(28)12-2-4-13(5-3-12)24-19-22-9-15(21)18(25-19)23-14-6-7-17-16(8-14)26(30-10-27)20(29)31-17/h2-10H,1H3,(H2,22,23,24,25). The summed E-state index contributed by atoms with van der Waals surface area (Å²) in [7, 11) is 0. The maximum absolute atomic E-state index is 14.3. The van der Waals surface area contributed by atoms with Gasteiger partial charge in [-0.1, -0.05) is 4.73 Å². The highest BCUT2D eigenvalue weighted by Gasteiger charge is 2.13. The summed E-state index contributed by atoms with van der Waals surface area (Å²) in [5.74, 6) is -1.67. The van der Waals surface area contributed by atoms with E-state index in [1.54, 1.807) is 24.3 Å². The van der Waals surface area contributed by atoms with Crippen molar-refractivity contribution in [1.82, 2.24) is 14.7 Å². The van der Waals surface area contributed by atoms with Gasteiger partial charge >= 0.3 is 12.2 Å². The molecule has 0 amide bonds. The van der Waals surface area contributed by atoms with Gasteiger partial charge in [0.25, 0.3) is 0 Å². The van der Waals surface area contributed by atoms with E-state index in [1.165, 1.54) is 25.1 Å². The molecule has 0 saturated carbocycles. The lowest BCUT2D eigenvalue weighted by molar-refractivity contribution is -0.129. The van der Waals surface area contributed by atoms with Gasteiger partial charge in [0, 0.05) is 16.9 Å². The van der Waals surface area contributed by atoms with Crippen LogP contribution in [0.3, 0.4) is 0 Å². The molecule has 2 aromatic heterocycles. The second kappa shape index (κ2) is 8.06. The summed E-state index contributed by atoms with van der Waals surface area (Å²) in [6, 6.07) is 11.1. The molecule has 0 bridgehead atoms. The van der Waals surface area contributed by atoms with E-state index in [1.807, 2.05) is 0 Å². The van der Waals surface area contributed by atoms with Crippen LogP contribution in [-0.2, 0) is 4.79 Å². The molecular formula is C20H14FN5O5. The van der Waals surface area contributed by atoms with Crippen LogP contribution in [0.2, 0.25) is 0 Å². The number of Topliss-reactive ketones (excluding diaryl/α,β-unsaturated/α-hetero) is 1. The summed E-state index contributed by atoms with van der Waals surface area (Å²) in [5, 5.41) is 5.70. The largest absolute Gasteiger partial charge is 0.453 e. The number of ketones is 1. The third-order valence-corrected chi connectivity index (χ3v) is 4.24. The maximum Gasteiger partial charge on any atom is 0.453 e. The number of carbonyl (C=O) groups is 2. The van der Waals surface area contributed by atoms with Crippen molar-refractivity contribution in [3.05, 3.63) is 70.6 Å². The number of oxazole rings is 1. The summed E-state index contributed by atoms with van der Waals surface area (Å²) in [6.45, 7) is 1.55. The Morgan fingerprint density at radius 3 is 2.61 bits per heavy atom. The van der Waals surface area contributed by atoms with E-state index in [0.717, 1.165) is 6.20 Å². The van der Waals surface area contributed by atoms with E-state index in [2.05, 4.69) is 25.4 Å². The van der Waals surface area contributed by atoms with Crippen LogP contribution in [0.15, 0.2) is 57.9 Å². The number of nitrogens with one attached hydrogen (secondary N) is 2. The Balaban J connectivity index is 1.60. The minimum atomic E-state index is -0.880. The highest BCUT2D eigenvalue weighted by atomic mass is 19.1. The second-order valence-electron chi connectivity index (χ2n) is 6.32. The van der Waals surface area contributed by atoms with Crippen LogP contribution in [0.5, 0.6) is 0 Å². The molecular weight excluding hydrogens is 409 g/mol. The predicted octanol–water partition coefficient (Wildman–Crippen LogP) is 2.80. The number of aromatic nitrogens is 3. The molecule has 2 aromatic carbocycles. The van der Waals surface area contributed by atoms with Crippen molar-refractivity contribution in [3.8, 4) is 0 Å². The van der Waals surface area contributed by atoms with Crippen molar-refractivity contribution in [2.45, 2.75) is 6.92 Å². The van der Waals surface area contributed by atoms with Crippen LogP contribution in [0.4, 0.5) is 27.5 Å². The van der Waals surface area contributed by atoms with E-state index in [9.17, 15) is 18.8 Å². The van der Waals surface area contributed by atoms with Gasteiger partial charge in [-0.05, 0) is 49.4 Å². The molecule has 2 heterocycles. The SMILES string of the molecule is CC(=O)c1ccc(Nc2ncc(F)c(Nc3ccc4oc(=O)n(OC=O)c4c3)n2)cc1. The number of rotatable bonds is 7. The lowest BCUT2D eigenvalue weighted by Gasteiger charge is -2.10. The average molecular weight is 423 g/mol. The normalized spacial score (nSPS) is 10.6. The number of halogens is 1. The van der Waals surface area contributed by atoms with Crippen LogP contribution in [-0.4, -0.2) is 27.0 Å². The van der Waals surface area contributed by atoms with Crippen molar-refractivity contribution < 1.29 is 23.2 Å². The minimum absolute atomic E-state index is 0.0605. The zero-order chi connectivity index (χ0) is 22.0. The van der Waals surface area contributed by atoms with Gasteiger partial charge in [0.05, 0.1) is 6.20 Å². The Hall–Kier alpha value is -4.54. The number of carbonyl (C=O) groups excluding carboxylic acids is 2. The van der Waals surface area contributed by atoms with Gasteiger partial charge < -0.3 is 19.9 Å². The molecule has 4 rings (SSSR count). The maximum atomic E-state index is 14.3. The third kappa shape index (κ3) is 4.10. The molecule has 0 aliphatic carbocycles. The summed E-state index contributed by atoms with van der Waals surface area (Å²) in [4.78, 5) is 46.3. The first-order valence-corrected chi connectivity index (χ1v) is 8.88. The molecule has 10 nitrogen and oxygen atoms in total. The lowest BCUT2D eigenvalue weighted by Crippen LogP contribution is -2.21. The first-order chi connectivity index (χ1) is 14.9. The van der Waals surface area contributed by atoms with E-state index < -0.39 is 11.6 Å². The number of nitrogens with zero attached hydrogens (tertiary/aromatic N) is 3. The molecule has 11 heteroatoms. The van der Waals surface area contributed by atoms with Crippen molar-refractivity contribution in [2.24, 2.45) is 0 Å². The third-order valence-electron chi connectivity index (χ3n) is 4.24. The minimum Gasteiger partial charge on any atom is -0.405 e. The van der Waals surface area contributed by atoms with Gasteiger partial charge in [-0.3, -0.25) is 9.59 Å². The smallest absolute Gasteiger partial charge is 0.405 e. The topological polar surface area (TPSA) is 128 Å². The van der Waals surface area contributed by atoms with Gasteiger partial charge in [-0.2, -0.15) is 4.98 Å². The van der Waals surface area contributed by atoms with Crippen molar-refractivity contribution in [3.63, 3.8) is 0 Å². The zero-order valence-electron chi connectivity index (χ0n) is 16.0. The molecule has 156 valence electrons. The van der Waals surface area contributed by atoms with Crippen LogP contribution < -0.4 is 21.2 Å². The lowest BCUT2D eigenvalue weighted by atomic mass is 10.1. The molecule has 31 heavy (non-hydrogen) atoms. The summed E-state index contributed by atoms with van der Waals surface area (Å²) >= 11 is 0. The molecule has 0 aliphatic rings. The Kier molecular flexibility index (Phi) is 5.14. The Labute approximate surface area is 173 Å². The monoisotopic (exact) mass is 423 g/mol. The predicted molar refractivity (Wildman–Crippen MR) is 108 cm³/mol. The Morgan fingerprint density at radius 1 is 1.16 bits per heavy atom. The molecule has 0 saturated heterocycles. The van der Waals surface area contributed by atoms with E-state index in [-0.39, 0.29) is 35.1 Å². The van der Waals surface area contributed by atoms with Crippen molar-refractivity contribution in [2.75, 3.05) is 10.6 Å². The van der Waals surface area contributed by atoms with Crippen LogP contribution in [0.25, 0.3) is 11.1 Å². The first-order valence-electron chi connectivity index (χ1n) is 8.88. The van der Waals surface area contributed by atoms with Crippen LogP contribution >= 0.6 is 0 Å². The summed E-state index contributed by atoms with van der Waals surface area (Å²) < 4.78 is 19.9. The molecule has 4 aromatic rings. The van der Waals surface area contributed by atoms with Gasteiger partial charge in [-0.25, -0.2) is 14.2 Å². The van der Waals surface area contributed by atoms with E-state index in [4.69, 9.17) is 4.42 Å². The Morgan fingerprint density at radius 2 is 1.90 bits per heavy atom. The van der Waals surface area contributed by atoms with Gasteiger partial charge in [0.15, 0.2) is 23.0 Å². The van der Waals surface area contributed by atoms with E-state index in [0.29, 0.717) is 21.7 Å². The number of benzene rings is 2. The fourth-order valence-corrected chi connectivity index (χ4v) is 2.79. The molecule has 0 spiro atoms. The fourth-order valence-electron chi connectivity index (χ4n) is 2.79. The molecule has 0 aliphatic heterocycles. The second-order valence-corrected chi connectivity index (χ2v) is 6.32. The van der Waals surface area contributed by atoms with Crippen LogP contribution in [0, 0.1) is 5.82 Å². The Bertz CT molecular complexity index is 1350. The van der Waals surface area contributed by atoms with Gasteiger partial charge in [0.2, 0.25) is 5.95 Å². The van der Waals surface area contributed by atoms with Crippen molar-refractivity contribution >= 4 is 46.5 Å². The highest BCUT2D eigenvalue weighted by molar-refractivity contribution is 5.94. The summed E-state index contributed by atoms with van der Waals surface area (Å²) in [5.41, 5.74) is 1.86.